The Morgan fingerprint density at radius 3 is 2.89 bits per heavy atom. The Labute approximate surface area is 121 Å². The van der Waals surface area contributed by atoms with Crippen LogP contribution in [0.25, 0.3) is 0 Å². The first-order valence-corrected chi connectivity index (χ1v) is 8.59. The molecule has 108 valence electrons. The van der Waals surface area contributed by atoms with Crippen LogP contribution >= 0.6 is 11.3 Å². The summed E-state index contributed by atoms with van der Waals surface area (Å²) in [7, 11) is 0. The van der Waals surface area contributed by atoms with Gasteiger partial charge in [-0.05, 0) is 39.2 Å². The third-order valence-electron chi connectivity index (χ3n) is 3.83. The van der Waals surface area contributed by atoms with Gasteiger partial charge in [-0.15, -0.1) is 11.3 Å². The number of hydrogen-bond donors (Lipinski definition) is 1. The Hall–Kier alpha value is -0.610. The molecule has 0 aliphatic heterocycles. The highest BCUT2D eigenvalue weighted by atomic mass is 32.1. The van der Waals surface area contributed by atoms with Gasteiger partial charge in [-0.3, -0.25) is 0 Å². The van der Waals surface area contributed by atoms with Crippen molar-refractivity contribution in [2.24, 2.45) is 0 Å². The van der Waals surface area contributed by atoms with Gasteiger partial charge < -0.3 is 10.2 Å². The molecule has 0 saturated carbocycles. The van der Waals surface area contributed by atoms with E-state index in [0.717, 1.165) is 19.6 Å². The Kier molecular flexibility index (Phi) is 5.64. The lowest BCUT2D eigenvalue weighted by atomic mass is 9.98. The Morgan fingerprint density at radius 1 is 1.37 bits per heavy atom. The van der Waals surface area contributed by atoms with Gasteiger partial charge in [0.1, 0.15) is 0 Å². The number of nitrogens with zero attached hydrogens (tertiary/aromatic N) is 2. The number of unbranched alkanes of at least 4 members (excludes halogenated alkanes) is 1. The number of aryl methyl sites for hydroxylation is 1. The fraction of sp³-hybridized carbons (Fsp3) is 0.800. The van der Waals surface area contributed by atoms with E-state index in [1.807, 2.05) is 11.3 Å². The summed E-state index contributed by atoms with van der Waals surface area (Å²) in [6.45, 7) is 9.91. The number of nitrogens with one attached hydrogen (secondary N) is 1. The number of thiazole rings is 1. The third kappa shape index (κ3) is 3.48. The quantitative estimate of drug-likeness (QED) is 0.825. The van der Waals surface area contributed by atoms with E-state index in [1.54, 1.807) is 0 Å². The molecule has 1 aromatic heterocycles. The van der Waals surface area contributed by atoms with E-state index < -0.39 is 0 Å². The average Bonchev–Trinajstić information content (AvgIpc) is 2.85. The van der Waals surface area contributed by atoms with Gasteiger partial charge >= 0.3 is 0 Å². The molecule has 1 aliphatic carbocycles. The van der Waals surface area contributed by atoms with Crippen LogP contribution in [0.5, 0.6) is 0 Å². The molecule has 0 fully saturated rings. The SMILES string of the molecule is CCCCN(CC)c1nc2c(s1)CCCC2NCC. The van der Waals surface area contributed by atoms with Crippen LogP contribution in [0.1, 0.15) is 63.1 Å². The van der Waals surface area contributed by atoms with E-state index in [0.29, 0.717) is 6.04 Å². The molecule has 0 radical (unpaired) electrons. The predicted molar refractivity (Wildman–Crippen MR) is 84.3 cm³/mol. The van der Waals surface area contributed by atoms with E-state index >= 15 is 0 Å². The van der Waals surface area contributed by atoms with Crippen molar-refractivity contribution in [3.05, 3.63) is 10.6 Å². The third-order valence-corrected chi connectivity index (χ3v) is 5.02. The van der Waals surface area contributed by atoms with Gasteiger partial charge in [-0.1, -0.05) is 20.3 Å². The molecule has 1 aliphatic rings. The smallest absolute Gasteiger partial charge is 0.185 e. The van der Waals surface area contributed by atoms with Crippen LogP contribution in [0.4, 0.5) is 5.13 Å². The predicted octanol–water partition coefficient (Wildman–Crippen LogP) is 3.76. The van der Waals surface area contributed by atoms with Gasteiger partial charge in [0.05, 0.1) is 11.7 Å². The zero-order valence-corrected chi connectivity index (χ0v) is 13.4. The molecule has 1 unspecified atom stereocenters. The maximum atomic E-state index is 4.96. The monoisotopic (exact) mass is 281 g/mol. The second-order valence-corrected chi connectivity index (χ2v) is 6.30. The van der Waals surface area contributed by atoms with E-state index in [9.17, 15) is 0 Å². The molecular formula is C15H27N3S. The van der Waals surface area contributed by atoms with Crippen molar-refractivity contribution < 1.29 is 0 Å². The summed E-state index contributed by atoms with van der Waals surface area (Å²) in [6.07, 6.45) is 6.27. The van der Waals surface area contributed by atoms with Gasteiger partial charge in [0.25, 0.3) is 0 Å². The van der Waals surface area contributed by atoms with Crippen molar-refractivity contribution in [1.29, 1.82) is 0 Å². The molecule has 0 spiro atoms. The molecule has 0 aromatic carbocycles. The topological polar surface area (TPSA) is 28.2 Å². The van der Waals surface area contributed by atoms with Gasteiger partial charge in [-0.2, -0.15) is 0 Å². The highest BCUT2D eigenvalue weighted by molar-refractivity contribution is 7.15. The van der Waals surface area contributed by atoms with Gasteiger partial charge in [-0.25, -0.2) is 4.98 Å². The Bertz CT molecular complexity index is 389. The van der Waals surface area contributed by atoms with Crippen molar-refractivity contribution >= 4 is 16.5 Å². The lowest BCUT2D eigenvalue weighted by molar-refractivity contribution is 0.465. The van der Waals surface area contributed by atoms with Gasteiger partial charge in [0.15, 0.2) is 5.13 Å². The molecule has 4 heteroatoms. The van der Waals surface area contributed by atoms with Gasteiger partial charge in [0, 0.05) is 18.0 Å². The minimum atomic E-state index is 0.489. The molecule has 0 saturated heterocycles. The van der Waals surface area contributed by atoms with Crippen molar-refractivity contribution in [1.82, 2.24) is 10.3 Å². The average molecular weight is 281 g/mol. The fourth-order valence-electron chi connectivity index (χ4n) is 2.72. The molecule has 0 bridgehead atoms. The van der Waals surface area contributed by atoms with Crippen LogP contribution in [0.3, 0.4) is 0 Å². The van der Waals surface area contributed by atoms with Crippen molar-refractivity contribution in [2.45, 2.75) is 58.9 Å². The molecule has 1 heterocycles. The first kappa shape index (κ1) is 14.8. The first-order valence-electron chi connectivity index (χ1n) is 7.78. The van der Waals surface area contributed by atoms with Gasteiger partial charge in [0.2, 0.25) is 0 Å². The highest BCUT2D eigenvalue weighted by Gasteiger charge is 2.25. The molecule has 0 amide bonds. The normalized spacial score (nSPS) is 18.4. The number of hydrogen-bond acceptors (Lipinski definition) is 4. The second kappa shape index (κ2) is 7.25. The molecule has 1 aromatic rings. The van der Waals surface area contributed by atoms with Crippen molar-refractivity contribution in [2.75, 3.05) is 24.5 Å². The largest absolute Gasteiger partial charge is 0.348 e. The molecule has 1 N–H and O–H groups in total. The summed E-state index contributed by atoms with van der Waals surface area (Å²) in [4.78, 5) is 8.91. The summed E-state index contributed by atoms with van der Waals surface area (Å²) in [5.41, 5.74) is 1.34. The zero-order valence-electron chi connectivity index (χ0n) is 12.5. The van der Waals surface area contributed by atoms with E-state index in [2.05, 4.69) is 31.0 Å². The summed E-state index contributed by atoms with van der Waals surface area (Å²) in [5.74, 6) is 0. The summed E-state index contributed by atoms with van der Waals surface area (Å²) in [6, 6.07) is 0.489. The summed E-state index contributed by atoms with van der Waals surface area (Å²) in [5, 5.41) is 4.82. The maximum Gasteiger partial charge on any atom is 0.185 e. The molecule has 2 rings (SSSR count). The summed E-state index contributed by atoms with van der Waals surface area (Å²) >= 11 is 1.92. The Morgan fingerprint density at radius 2 is 2.21 bits per heavy atom. The summed E-state index contributed by atoms with van der Waals surface area (Å²) < 4.78 is 0. The second-order valence-electron chi connectivity index (χ2n) is 5.24. The zero-order chi connectivity index (χ0) is 13.7. The van der Waals surface area contributed by atoms with Crippen LogP contribution in [0.15, 0.2) is 0 Å². The van der Waals surface area contributed by atoms with Crippen LogP contribution in [0, 0.1) is 0 Å². The fourth-order valence-corrected chi connectivity index (χ4v) is 3.98. The first-order chi connectivity index (χ1) is 9.30. The minimum Gasteiger partial charge on any atom is -0.348 e. The van der Waals surface area contributed by atoms with E-state index in [1.165, 1.54) is 47.8 Å². The number of rotatable bonds is 7. The van der Waals surface area contributed by atoms with Crippen molar-refractivity contribution in [3.63, 3.8) is 0 Å². The lowest BCUT2D eigenvalue weighted by Gasteiger charge is -2.21. The van der Waals surface area contributed by atoms with Crippen LogP contribution in [-0.2, 0) is 6.42 Å². The standard InChI is InChI=1S/C15H27N3S/c1-4-7-11-18(6-3)15-17-14-12(16-5-2)9-8-10-13(14)19-15/h12,16H,4-11H2,1-3H3. The number of fused-ring (bicyclic) bond motifs is 1. The van der Waals surface area contributed by atoms with Crippen LogP contribution in [0.2, 0.25) is 0 Å². The molecule has 1 atom stereocenters. The van der Waals surface area contributed by atoms with Crippen LogP contribution in [-0.4, -0.2) is 24.6 Å². The molecule has 3 nitrogen and oxygen atoms in total. The van der Waals surface area contributed by atoms with Crippen LogP contribution < -0.4 is 10.2 Å². The number of anilines is 1. The molecule has 19 heavy (non-hydrogen) atoms. The minimum absolute atomic E-state index is 0.489. The Balaban J connectivity index is 2.15. The maximum absolute atomic E-state index is 4.96. The molecular weight excluding hydrogens is 254 g/mol. The van der Waals surface area contributed by atoms with Crippen molar-refractivity contribution in [3.8, 4) is 0 Å². The lowest BCUT2D eigenvalue weighted by Crippen LogP contribution is -2.26. The van der Waals surface area contributed by atoms with E-state index in [4.69, 9.17) is 4.98 Å². The highest BCUT2D eigenvalue weighted by Crippen LogP contribution is 2.36. The van der Waals surface area contributed by atoms with E-state index in [-0.39, 0.29) is 0 Å². The number of aromatic nitrogens is 1.